The molecule has 0 aliphatic carbocycles. The summed E-state index contributed by atoms with van der Waals surface area (Å²) >= 11 is 11.9. The molecule has 0 amide bonds. The van der Waals surface area contributed by atoms with Gasteiger partial charge in [-0.15, -0.1) is 0 Å². The molecule has 11 heteroatoms. The number of aromatic nitrogens is 1. The molecule has 0 bridgehead atoms. The molecular weight excluding hydrogens is 521 g/mol. The quantitative estimate of drug-likeness (QED) is 0.304. The molecule has 0 radical (unpaired) electrons. The molecule has 1 aromatic carbocycles. The Morgan fingerprint density at radius 3 is 2.41 bits per heavy atom. The highest BCUT2D eigenvalue weighted by Crippen LogP contribution is 2.44. The van der Waals surface area contributed by atoms with E-state index in [0.29, 0.717) is 0 Å². The van der Waals surface area contributed by atoms with E-state index in [1.807, 2.05) is 0 Å². The van der Waals surface area contributed by atoms with Gasteiger partial charge in [0.1, 0.15) is 0 Å². The van der Waals surface area contributed by atoms with Crippen LogP contribution >= 0.6 is 43.5 Å². The Morgan fingerprint density at radius 2 is 1.74 bits per heavy atom. The number of hydrogen-bond donors (Lipinski definition) is 0. The zero-order valence-corrected chi connectivity index (χ0v) is 17.0. The molecule has 0 atom stereocenters. The molecule has 0 saturated heterocycles. The summed E-state index contributed by atoms with van der Waals surface area (Å²) in [7, 11) is 0. The van der Waals surface area contributed by atoms with Gasteiger partial charge in [0.25, 0.3) is 0 Å². The monoisotopic (exact) mass is 526 g/mol. The van der Waals surface area contributed by atoms with Crippen molar-refractivity contribution in [2.75, 3.05) is 0 Å². The van der Waals surface area contributed by atoms with Crippen LogP contribution in [-0.2, 0) is 6.18 Å². The van der Waals surface area contributed by atoms with Crippen molar-refractivity contribution in [2.24, 2.45) is 0 Å². The summed E-state index contributed by atoms with van der Waals surface area (Å²) in [6.07, 6.45) is -1.78. The van der Waals surface area contributed by atoms with Crippen LogP contribution in [0, 0.1) is 0 Å². The van der Waals surface area contributed by atoms with Gasteiger partial charge in [0, 0.05) is 33.8 Å². The van der Waals surface area contributed by atoms with Gasteiger partial charge in [-0.3, -0.25) is 0 Å². The molecule has 1 aromatic heterocycles. The number of benzene rings is 1. The Morgan fingerprint density at radius 1 is 1.04 bits per heavy atom. The Kier molecular flexibility index (Phi) is 4.25. The summed E-state index contributed by atoms with van der Waals surface area (Å²) in [6.45, 7) is -4.23. The first kappa shape index (κ1) is 19.0. The molecule has 27 heavy (non-hydrogen) atoms. The third-order valence-corrected chi connectivity index (χ3v) is 6.05. The van der Waals surface area contributed by atoms with Crippen molar-refractivity contribution in [3.63, 3.8) is 0 Å². The van der Waals surface area contributed by atoms with E-state index in [-0.39, 0.29) is 31.8 Å². The molecule has 4 rings (SSSR count). The van der Waals surface area contributed by atoms with Crippen molar-refractivity contribution < 1.29 is 26.3 Å². The summed E-state index contributed by atoms with van der Waals surface area (Å²) < 4.78 is 71.9. The lowest BCUT2D eigenvalue weighted by molar-refractivity contribution is -0.358. The van der Waals surface area contributed by atoms with Crippen LogP contribution in [0.5, 0.6) is 0 Å². The van der Waals surface area contributed by atoms with Crippen molar-refractivity contribution in [1.29, 1.82) is 0 Å². The smallest absolute Gasteiger partial charge is 0.389 e. The molecule has 2 nitrogen and oxygen atoms in total. The highest BCUT2D eigenvalue weighted by molar-refractivity contribution is 9.18. The second-order valence-corrected chi connectivity index (χ2v) is 8.01. The summed E-state index contributed by atoms with van der Waals surface area (Å²) in [6, 6.07) is 6.27. The van der Waals surface area contributed by atoms with Crippen molar-refractivity contribution in [2.45, 2.75) is 6.18 Å². The van der Waals surface area contributed by atoms with Crippen LogP contribution in [0.25, 0.3) is 5.57 Å². The van der Waals surface area contributed by atoms with Crippen molar-refractivity contribution in [1.82, 2.24) is 4.48 Å². The van der Waals surface area contributed by atoms with Gasteiger partial charge >= 0.3 is 13.1 Å². The SMILES string of the molecule is F[B-]1(F)n2c(Br)ccc2C(c2ccc(Cl)c(C(F)(F)F)c2)=C2C=CC(Br)=[N+]21. The zero-order chi connectivity index (χ0) is 19.7. The van der Waals surface area contributed by atoms with Crippen molar-refractivity contribution in [3.05, 3.63) is 74.6 Å². The molecule has 2 aliphatic rings. The van der Waals surface area contributed by atoms with Crippen LogP contribution < -0.4 is 0 Å². The predicted octanol–water partition coefficient (Wildman–Crippen LogP) is 6.29. The van der Waals surface area contributed by atoms with Crippen molar-refractivity contribution in [3.8, 4) is 0 Å². The topological polar surface area (TPSA) is 7.94 Å². The Hall–Kier alpha value is -1.39. The van der Waals surface area contributed by atoms with E-state index in [1.54, 1.807) is 0 Å². The van der Waals surface area contributed by atoms with Gasteiger partial charge in [-0.25, -0.2) is 0 Å². The van der Waals surface area contributed by atoms with Gasteiger partial charge in [0.15, 0.2) is 5.70 Å². The second kappa shape index (κ2) is 6.05. The predicted molar refractivity (Wildman–Crippen MR) is 101 cm³/mol. The molecule has 3 heterocycles. The maximum Gasteiger partial charge on any atom is 0.738 e. The lowest BCUT2D eigenvalue weighted by Crippen LogP contribution is -2.50. The zero-order valence-electron chi connectivity index (χ0n) is 13.0. The van der Waals surface area contributed by atoms with Crippen LogP contribution in [-0.4, -0.2) is 20.6 Å². The van der Waals surface area contributed by atoms with E-state index in [0.717, 1.165) is 21.1 Å². The van der Waals surface area contributed by atoms with Gasteiger partial charge < -0.3 is 17.6 Å². The number of fused-ring (bicyclic) bond motifs is 2. The lowest BCUT2D eigenvalue weighted by atomic mass is 9.86. The van der Waals surface area contributed by atoms with E-state index in [4.69, 9.17) is 11.6 Å². The average Bonchev–Trinajstić information content (AvgIpc) is 3.13. The Labute approximate surface area is 171 Å². The van der Waals surface area contributed by atoms with Crippen LogP contribution in [0.3, 0.4) is 0 Å². The molecular formula is C16H7BBr2ClF5N2. The summed E-state index contributed by atoms with van der Waals surface area (Å²) in [4.78, 5) is 0. The van der Waals surface area contributed by atoms with Gasteiger partial charge in [-0.1, -0.05) is 17.7 Å². The summed E-state index contributed by atoms with van der Waals surface area (Å²) in [5.41, 5.74) is -0.412. The van der Waals surface area contributed by atoms with E-state index in [1.165, 1.54) is 30.4 Å². The number of allylic oxidation sites excluding steroid dienone is 2. The first-order valence-electron chi connectivity index (χ1n) is 7.54. The van der Waals surface area contributed by atoms with Crippen LogP contribution in [0.4, 0.5) is 21.8 Å². The number of rotatable bonds is 1. The molecule has 0 unspecified atom stereocenters. The van der Waals surface area contributed by atoms with Crippen LogP contribution in [0.15, 0.2) is 52.8 Å². The fourth-order valence-electron chi connectivity index (χ4n) is 3.33. The minimum atomic E-state index is -4.67. The van der Waals surface area contributed by atoms with Gasteiger partial charge in [0.2, 0.25) is 4.62 Å². The fourth-order valence-corrected chi connectivity index (χ4v) is 4.69. The lowest BCUT2D eigenvalue weighted by Gasteiger charge is -2.32. The number of nitrogens with zero attached hydrogens (tertiary/aromatic N) is 2. The number of halogens is 8. The second-order valence-electron chi connectivity index (χ2n) is 5.98. The standard InChI is InChI=1S/C16H7BBr2ClF5N2/c18-13-5-3-11-15(8-1-2-10(20)9(7-8)16(21,22)23)12-4-6-14(19)27(12)17(24,25)26(11)13/h1-7H. The van der Waals surface area contributed by atoms with E-state index >= 15 is 8.63 Å². The average molecular weight is 528 g/mol. The fraction of sp³-hybridized carbons (Fsp3) is 0.0625. The first-order chi connectivity index (χ1) is 12.5. The first-order valence-corrected chi connectivity index (χ1v) is 9.50. The van der Waals surface area contributed by atoms with E-state index in [2.05, 4.69) is 31.9 Å². The van der Waals surface area contributed by atoms with Crippen LogP contribution in [0.2, 0.25) is 5.02 Å². The molecule has 0 spiro atoms. The maximum atomic E-state index is 15.1. The number of alkyl halides is 3. The minimum absolute atomic E-state index is 0.112. The third-order valence-electron chi connectivity index (χ3n) is 4.43. The largest absolute Gasteiger partial charge is 0.738 e. The van der Waals surface area contributed by atoms with E-state index < -0.39 is 23.7 Å². The third kappa shape index (κ3) is 2.75. The number of hydrogen-bond acceptors (Lipinski definition) is 0. The summed E-state index contributed by atoms with van der Waals surface area (Å²) in [5, 5.41) is -0.453. The molecule has 0 fully saturated rings. The molecule has 2 aromatic rings. The highest BCUT2D eigenvalue weighted by Gasteiger charge is 2.54. The van der Waals surface area contributed by atoms with Gasteiger partial charge in [-0.05, 0) is 45.8 Å². The molecule has 2 aliphatic heterocycles. The Balaban J connectivity index is 2.06. The van der Waals surface area contributed by atoms with E-state index in [9.17, 15) is 13.2 Å². The maximum absolute atomic E-state index is 15.1. The van der Waals surface area contributed by atoms with Crippen molar-refractivity contribution >= 4 is 60.6 Å². The normalized spacial score (nSPS) is 18.2. The van der Waals surface area contributed by atoms with Gasteiger partial charge in [-0.2, -0.15) is 13.2 Å². The van der Waals surface area contributed by atoms with Gasteiger partial charge in [0.05, 0.1) is 20.8 Å². The minimum Gasteiger partial charge on any atom is -0.389 e. The Bertz CT molecular complexity index is 1080. The molecule has 0 saturated carbocycles. The molecule has 0 N–H and O–H groups in total. The summed E-state index contributed by atoms with van der Waals surface area (Å²) in [5.74, 6) is 0. The highest BCUT2D eigenvalue weighted by atomic mass is 79.9. The molecule has 140 valence electrons. The van der Waals surface area contributed by atoms with Crippen LogP contribution in [0.1, 0.15) is 16.8 Å².